The van der Waals surface area contributed by atoms with Gasteiger partial charge in [-0.25, -0.2) is 4.79 Å². The first-order valence-corrected chi connectivity index (χ1v) is 5.91. The number of carbonyl (C=O) groups is 2. The number of amides is 1. The molecule has 0 radical (unpaired) electrons. The summed E-state index contributed by atoms with van der Waals surface area (Å²) in [7, 11) is 0. The first-order chi connectivity index (χ1) is 9.61. The highest BCUT2D eigenvalue weighted by atomic mass is 16.4. The zero-order chi connectivity index (χ0) is 14.3. The van der Waals surface area contributed by atoms with Gasteiger partial charge in [0.1, 0.15) is 0 Å². The molecule has 0 fully saturated rings. The molecule has 0 unspecified atom stereocenters. The predicted molar refractivity (Wildman–Crippen MR) is 73.5 cm³/mol. The van der Waals surface area contributed by atoms with Crippen LogP contribution in [0.4, 0.5) is 5.69 Å². The number of hydrogen-bond donors (Lipinski definition) is 1. The van der Waals surface area contributed by atoms with Gasteiger partial charge in [-0.15, -0.1) is 0 Å². The smallest absolute Gasteiger partial charge is 0.337 e. The van der Waals surface area contributed by atoms with Crippen molar-refractivity contribution in [2.45, 2.75) is 0 Å². The van der Waals surface area contributed by atoms with E-state index in [0.29, 0.717) is 16.8 Å². The highest BCUT2D eigenvalue weighted by Gasteiger charge is 2.34. The summed E-state index contributed by atoms with van der Waals surface area (Å²) >= 11 is 0. The molecule has 0 saturated heterocycles. The fourth-order valence-corrected chi connectivity index (χ4v) is 2.28. The molecular formula is C15H10N2O3. The Bertz CT molecular complexity index is 717. The highest BCUT2D eigenvalue weighted by Crippen LogP contribution is 2.36. The van der Waals surface area contributed by atoms with Gasteiger partial charge >= 0.3 is 5.97 Å². The summed E-state index contributed by atoms with van der Waals surface area (Å²) in [6, 6.07) is 8.41. The van der Waals surface area contributed by atoms with Crippen LogP contribution >= 0.6 is 0 Å². The van der Waals surface area contributed by atoms with Crippen LogP contribution in [0, 0.1) is 0 Å². The van der Waals surface area contributed by atoms with Gasteiger partial charge in [0.2, 0.25) is 0 Å². The molecule has 3 rings (SSSR count). The van der Waals surface area contributed by atoms with Crippen LogP contribution in [0.1, 0.15) is 26.3 Å². The molecule has 2 aromatic rings. The largest absolute Gasteiger partial charge is 0.478 e. The Balaban J connectivity index is 2.17. The van der Waals surface area contributed by atoms with Gasteiger partial charge in [-0.2, -0.15) is 0 Å². The lowest BCUT2D eigenvalue weighted by atomic mass is 10.1. The number of carboxylic acid groups (broad SMARTS) is 1. The van der Waals surface area contributed by atoms with Crippen molar-refractivity contribution in [2.24, 2.45) is 0 Å². The zero-order valence-electron chi connectivity index (χ0n) is 10.4. The number of aromatic nitrogens is 1. The van der Waals surface area contributed by atoms with Gasteiger partial charge in [-0.3, -0.25) is 14.7 Å². The van der Waals surface area contributed by atoms with E-state index in [1.54, 1.807) is 18.2 Å². The first kappa shape index (κ1) is 12.1. The molecule has 0 spiro atoms. The van der Waals surface area contributed by atoms with Gasteiger partial charge < -0.3 is 5.11 Å². The van der Waals surface area contributed by atoms with Gasteiger partial charge in [0, 0.05) is 17.3 Å². The molecule has 5 heteroatoms. The third-order valence-electron chi connectivity index (χ3n) is 3.21. The molecule has 0 aliphatic carbocycles. The van der Waals surface area contributed by atoms with Crippen LogP contribution in [-0.2, 0) is 0 Å². The maximum Gasteiger partial charge on any atom is 0.337 e. The van der Waals surface area contributed by atoms with Crippen molar-refractivity contribution >= 4 is 23.3 Å². The molecule has 1 aromatic heterocycles. The summed E-state index contributed by atoms with van der Waals surface area (Å²) < 4.78 is 0. The van der Waals surface area contributed by atoms with Crippen LogP contribution in [0.15, 0.2) is 49.3 Å². The van der Waals surface area contributed by atoms with E-state index in [9.17, 15) is 14.7 Å². The molecule has 98 valence electrons. The number of carbonyl (C=O) groups excluding carboxylic acids is 1. The molecule has 1 aliphatic rings. The minimum absolute atomic E-state index is 0.0160. The Kier molecular flexibility index (Phi) is 2.61. The topological polar surface area (TPSA) is 70.5 Å². The molecule has 0 atom stereocenters. The lowest BCUT2D eigenvalue weighted by Gasteiger charge is -2.18. The summed E-state index contributed by atoms with van der Waals surface area (Å²) in [6.07, 6.45) is 2.74. The fourth-order valence-electron chi connectivity index (χ4n) is 2.28. The Morgan fingerprint density at radius 1 is 1.20 bits per heavy atom. The average Bonchev–Trinajstić information content (AvgIpc) is 2.71. The van der Waals surface area contributed by atoms with Crippen molar-refractivity contribution in [3.8, 4) is 0 Å². The van der Waals surface area contributed by atoms with Crippen LogP contribution in [-0.4, -0.2) is 22.0 Å². The van der Waals surface area contributed by atoms with E-state index in [1.807, 2.05) is 6.07 Å². The third kappa shape index (κ3) is 1.60. The standard InChI is InChI=1S/C15H10N2O3/c1-9-10-4-2-3-5-11(10)14(18)17(9)13-8-16-7-6-12(13)15(19)20/h2-8H,1H2,(H,19,20). The van der Waals surface area contributed by atoms with E-state index in [4.69, 9.17) is 0 Å². The van der Waals surface area contributed by atoms with Gasteiger partial charge in [0.05, 0.1) is 23.1 Å². The van der Waals surface area contributed by atoms with Crippen LogP contribution in [0.3, 0.4) is 0 Å². The number of rotatable bonds is 2. The maximum absolute atomic E-state index is 12.4. The van der Waals surface area contributed by atoms with E-state index < -0.39 is 5.97 Å². The van der Waals surface area contributed by atoms with E-state index in [0.717, 1.165) is 0 Å². The maximum atomic E-state index is 12.4. The lowest BCUT2D eigenvalue weighted by Crippen LogP contribution is -2.24. The molecule has 0 saturated carbocycles. The molecule has 2 heterocycles. The second-order valence-electron chi connectivity index (χ2n) is 4.33. The van der Waals surface area contributed by atoms with Crippen LogP contribution in [0.5, 0.6) is 0 Å². The monoisotopic (exact) mass is 266 g/mol. The Labute approximate surface area is 114 Å². The van der Waals surface area contributed by atoms with Gasteiger partial charge in [0.15, 0.2) is 0 Å². The second-order valence-corrected chi connectivity index (χ2v) is 4.33. The van der Waals surface area contributed by atoms with E-state index >= 15 is 0 Å². The molecule has 5 nitrogen and oxygen atoms in total. The Morgan fingerprint density at radius 3 is 2.55 bits per heavy atom. The summed E-state index contributed by atoms with van der Waals surface area (Å²) in [5.41, 5.74) is 1.92. The van der Waals surface area contributed by atoms with Crippen molar-refractivity contribution in [1.82, 2.24) is 4.98 Å². The zero-order valence-corrected chi connectivity index (χ0v) is 10.4. The van der Waals surface area contributed by atoms with Crippen molar-refractivity contribution in [3.05, 3.63) is 66.0 Å². The normalized spacial score (nSPS) is 13.5. The van der Waals surface area contributed by atoms with Crippen molar-refractivity contribution in [2.75, 3.05) is 4.90 Å². The number of fused-ring (bicyclic) bond motifs is 1. The number of aromatic carboxylic acids is 1. The summed E-state index contributed by atoms with van der Waals surface area (Å²) in [5.74, 6) is -1.40. The third-order valence-corrected chi connectivity index (χ3v) is 3.21. The van der Waals surface area contributed by atoms with Crippen LogP contribution in [0.25, 0.3) is 5.70 Å². The minimum Gasteiger partial charge on any atom is -0.478 e. The molecular weight excluding hydrogens is 256 g/mol. The molecule has 0 bridgehead atoms. The molecule has 1 N–H and O–H groups in total. The number of hydrogen-bond acceptors (Lipinski definition) is 3. The molecule has 1 aromatic carbocycles. The lowest BCUT2D eigenvalue weighted by molar-refractivity contribution is 0.0697. The number of carboxylic acids is 1. The van der Waals surface area contributed by atoms with E-state index in [1.165, 1.54) is 23.4 Å². The molecule has 20 heavy (non-hydrogen) atoms. The van der Waals surface area contributed by atoms with Gasteiger partial charge in [0.25, 0.3) is 5.91 Å². The predicted octanol–water partition coefficient (Wildman–Crippen LogP) is 2.41. The fraction of sp³-hybridized carbons (Fsp3) is 0. The van der Waals surface area contributed by atoms with Gasteiger partial charge in [-0.1, -0.05) is 24.8 Å². The van der Waals surface area contributed by atoms with Crippen LogP contribution < -0.4 is 4.90 Å². The number of nitrogens with zero attached hydrogens (tertiary/aromatic N) is 2. The molecule has 1 amide bonds. The van der Waals surface area contributed by atoms with Crippen LogP contribution in [0.2, 0.25) is 0 Å². The second kappa shape index (κ2) is 4.31. The van der Waals surface area contributed by atoms with Gasteiger partial charge in [-0.05, 0) is 12.1 Å². The van der Waals surface area contributed by atoms with Crippen molar-refractivity contribution in [3.63, 3.8) is 0 Å². The summed E-state index contributed by atoms with van der Waals surface area (Å²) in [5, 5.41) is 9.22. The number of benzene rings is 1. The minimum atomic E-state index is -1.11. The SMILES string of the molecule is C=C1c2ccccc2C(=O)N1c1cnccc1C(=O)O. The Morgan fingerprint density at radius 2 is 1.90 bits per heavy atom. The average molecular weight is 266 g/mol. The van der Waals surface area contributed by atoms with Crippen molar-refractivity contribution in [1.29, 1.82) is 0 Å². The van der Waals surface area contributed by atoms with E-state index in [-0.39, 0.29) is 17.2 Å². The summed E-state index contributed by atoms with van der Waals surface area (Å²) in [6.45, 7) is 3.89. The Hall–Kier alpha value is -2.95. The molecule has 1 aliphatic heterocycles. The summed E-state index contributed by atoms with van der Waals surface area (Å²) in [4.78, 5) is 28.9. The first-order valence-electron chi connectivity index (χ1n) is 5.91. The highest BCUT2D eigenvalue weighted by molar-refractivity contribution is 6.23. The van der Waals surface area contributed by atoms with E-state index in [2.05, 4.69) is 11.6 Å². The van der Waals surface area contributed by atoms with Crippen molar-refractivity contribution < 1.29 is 14.7 Å². The quantitative estimate of drug-likeness (QED) is 0.906. The number of anilines is 1. The number of pyridine rings is 1.